The fourth-order valence-electron chi connectivity index (χ4n) is 2.04. The molecule has 1 heterocycles. The number of amides is 2. The van der Waals surface area contributed by atoms with Gasteiger partial charge in [0.05, 0.1) is 6.54 Å². The largest absolute Gasteiger partial charge is 0.343 e. The van der Waals surface area contributed by atoms with E-state index < -0.39 is 6.04 Å². The quantitative estimate of drug-likeness (QED) is 0.903. The van der Waals surface area contributed by atoms with Gasteiger partial charge in [-0.2, -0.15) is 0 Å². The van der Waals surface area contributed by atoms with Gasteiger partial charge in [0.15, 0.2) is 0 Å². The van der Waals surface area contributed by atoms with Crippen molar-refractivity contribution in [2.45, 2.75) is 25.9 Å². The smallest absolute Gasteiger partial charge is 0.245 e. The van der Waals surface area contributed by atoms with Crippen LogP contribution in [0.1, 0.15) is 18.9 Å². The van der Waals surface area contributed by atoms with Gasteiger partial charge in [-0.25, -0.2) is 0 Å². The minimum absolute atomic E-state index is 0.0305. The lowest BCUT2D eigenvalue weighted by molar-refractivity contribution is -0.144. The lowest BCUT2D eigenvalue weighted by Crippen LogP contribution is -2.57. The number of nitrogens with one attached hydrogen (secondary N) is 1. The van der Waals surface area contributed by atoms with Crippen LogP contribution >= 0.6 is 11.6 Å². The van der Waals surface area contributed by atoms with Gasteiger partial charge in [-0.05, 0) is 24.1 Å². The molecule has 0 radical (unpaired) electrons. The first kappa shape index (κ1) is 12.9. The first-order chi connectivity index (χ1) is 8.60. The number of hydrogen-bond acceptors (Lipinski definition) is 2. The van der Waals surface area contributed by atoms with Gasteiger partial charge in [0.25, 0.3) is 0 Å². The Balaban J connectivity index is 2.12. The Bertz CT molecular complexity index is 476. The third kappa shape index (κ3) is 2.82. The molecule has 0 aliphatic carbocycles. The molecule has 1 atom stereocenters. The highest BCUT2D eigenvalue weighted by Gasteiger charge is 2.31. The van der Waals surface area contributed by atoms with Gasteiger partial charge >= 0.3 is 0 Å². The minimum atomic E-state index is -0.398. The molecule has 4 nitrogen and oxygen atoms in total. The third-order valence-corrected chi connectivity index (χ3v) is 3.19. The van der Waals surface area contributed by atoms with E-state index in [2.05, 4.69) is 5.32 Å². The molecule has 1 aromatic carbocycles. The number of piperazine rings is 1. The molecule has 2 rings (SSSR count). The second-order valence-corrected chi connectivity index (χ2v) is 4.79. The number of rotatable bonds is 3. The summed E-state index contributed by atoms with van der Waals surface area (Å²) in [4.78, 5) is 25.2. The second kappa shape index (κ2) is 5.40. The Morgan fingerprint density at radius 1 is 1.44 bits per heavy atom. The van der Waals surface area contributed by atoms with Crippen LogP contribution in [0.25, 0.3) is 0 Å². The van der Waals surface area contributed by atoms with Crippen molar-refractivity contribution in [3.8, 4) is 0 Å². The van der Waals surface area contributed by atoms with Crippen molar-refractivity contribution in [2.24, 2.45) is 0 Å². The van der Waals surface area contributed by atoms with Crippen molar-refractivity contribution < 1.29 is 9.59 Å². The van der Waals surface area contributed by atoms with Crippen LogP contribution in [0, 0.1) is 0 Å². The Morgan fingerprint density at radius 2 is 2.22 bits per heavy atom. The summed E-state index contributed by atoms with van der Waals surface area (Å²) in [6.07, 6.45) is 0.608. The minimum Gasteiger partial charge on any atom is -0.343 e. The molecule has 1 fully saturated rings. The van der Waals surface area contributed by atoms with Crippen LogP contribution in [0.15, 0.2) is 24.3 Å². The zero-order chi connectivity index (χ0) is 13.1. The Hall–Kier alpha value is -1.55. The standard InChI is InChI=1S/C13H15ClN2O2/c1-2-11-13(18)16(8-12(17)15-11)7-9-4-3-5-10(14)6-9/h3-6,11H,2,7-8H2,1H3,(H,15,17). The molecule has 0 bridgehead atoms. The first-order valence-corrected chi connectivity index (χ1v) is 6.30. The molecule has 0 aromatic heterocycles. The Morgan fingerprint density at radius 3 is 2.89 bits per heavy atom. The van der Waals surface area contributed by atoms with Crippen molar-refractivity contribution in [2.75, 3.05) is 6.54 Å². The van der Waals surface area contributed by atoms with E-state index in [9.17, 15) is 9.59 Å². The first-order valence-electron chi connectivity index (χ1n) is 5.92. The summed E-state index contributed by atoms with van der Waals surface area (Å²) >= 11 is 5.90. The molecule has 18 heavy (non-hydrogen) atoms. The SMILES string of the molecule is CCC1NC(=O)CN(Cc2cccc(Cl)c2)C1=O. The van der Waals surface area contributed by atoms with E-state index in [1.807, 2.05) is 25.1 Å². The summed E-state index contributed by atoms with van der Waals surface area (Å²) in [5, 5.41) is 3.32. The molecular formula is C13H15ClN2O2. The van der Waals surface area contributed by atoms with Crippen LogP contribution in [0.3, 0.4) is 0 Å². The van der Waals surface area contributed by atoms with Crippen LogP contribution in [0.5, 0.6) is 0 Å². The average molecular weight is 267 g/mol. The number of benzene rings is 1. The number of halogens is 1. The number of hydrogen-bond donors (Lipinski definition) is 1. The zero-order valence-electron chi connectivity index (χ0n) is 10.1. The second-order valence-electron chi connectivity index (χ2n) is 4.35. The molecule has 1 aromatic rings. The summed E-state index contributed by atoms with van der Waals surface area (Å²) in [6.45, 7) is 2.41. The van der Waals surface area contributed by atoms with Gasteiger partial charge in [-0.15, -0.1) is 0 Å². The van der Waals surface area contributed by atoms with Crippen LogP contribution in [-0.2, 0) is 16.1 Å². The van der Waals surface area contributed by atoms with Crippen molar-refractivity contribution in [3.63, 3.8) is 0 Å². The fourth-order valence-corrected chi connectivity index (χ4v) is 2.25. The normalized spacial score (nSPS) is 19.9. The summed E-state index contributed by atoms with van der Waals surface area (Å²) in [7, 11) is 0. The van der Waals surface area contributed by atoms with Gasteiger partial charge in [-0.1, -0.05) is 30.7 Å². The predicted molar refractivity (Wildman–Crippen MR) is 69.1 cm³/mol. The van der Waals surface area contributed by atoms with Crippen LogP contribution < -0.4 is 5.32 Å². The molecule has 1 unspecified atom stereocenters. The fraction of sp³-hybridized carbons (Fsp3) is 0.385. The lowest BCUT2D eigenvalue weighted by atomic mass is 10.1. The van der Waals surface area contributed by atoms with E-state index in [4.69, 9.17) is 11.6 Å². The highest BCUT2D eigenvalue weighted by Crippen LogP contribution is 2.15. The van der Waals surface area contributed by atoms with Crippen molar-refractivity contribution in [1.82, 2.24) is 10.2 Å². The summed E-state index contributed by atoms with van der Waals surface area (Å²) < 4.78 is 0. The maximum atomic E-state index is 12.1. The topological polar surface area (TPSA) is 49.4 Å². The van der Waals surface area contributed by atoms with Crippen molar-refractivity contribution >= 4 is 23.4 Å². The van der Waals surface area contributed by atoms with Crippen LogP contribution in [0.2, 0.25) is 5.02 Å². The molecule has 5 heteroatoms. The highest BCUT2D eigenvalue weighted by molar-refractivity contribution is 6.30. The third-order valence-electron chi connectivity index (χ3n) is 2.95. The lowest BCUT2D eigenvalue weighted by Gasteiger charge is -2.32. The van der Waals surface area contributed by atoms with Gasteiger partial charge in [0.2, 0.25) is 11.8 Å². The molecule has 96 valence electrons. The maximum absolute atomic E-state index is 12.1. The average Bonchev–Trinajstić information content (AvgIpc) is 2.33. The molecule has 0 spiro atoms. The van der Waals surface area contributed by atoms with E-state index in [0.717, 1.165) is 5.56 Å². The van der Waals surface area contributed by atoms with Crippen molar-refractivity contribution in [3.05, 3.63) is 34.9 Å². The summed E-state index contributed by atoms with van der Waals surface area (Å²) in [5.74, 6) is -0.138. The van der Waals surface area contributed by atoms with Gasteiger partial charge in [-0.3, -0.25) is 9.59 Å². The molecule has 1 aliphatic heterocycles. The Kier molecular flexibility index (Phi) is 3.87. The van der Waals surface area contributed by atoms with Gasteiger partial charge < -0.3 is 10.2 Å². The number of nitrogens with zero attached hydrogens (tertiary/aromatic N) is 1. The van der Waals surface area contributed by atoms with E-state index in [1.165, 1.54) is 0 Å². The number of carbonyl (C=O) groups is 2. The van der Waals surface area contributed by atoms with E-state index in [0.29, 0.717) is 18.0 Å². The van der Waals surface area contributed by atoms with Crippen LogP contribution in [0.4, 0.5) is 0 Å². The van der Waals surface area contributed by atoms with Gasteiger partial charge in [0.1, 0.15) is 6.04 Å². The molecular weight excluding hydrogens is 252 g/mol. The summed E-state index contributed by atoms with van der Waals surface area (Å²) in [6, 6.07) is 6.92. The highest BCUT2D eigenvalue weighted by atomic mass is 35.5. The molecule has 1 aliphatic rings. The van der Waals surface area contributed by atoms with E-state index in [1.54, 1.807) is 11.0 Å². The zero-order valence-corrected chi connectivity index (χ0v) is 10.9. The molecule has 1 saturated heterocycles. The molecule has 0 saturated carbocycles. The van der Waals surface area contributed by atoms with E-state index in [-0.39, 0.29) is 18.4 Å². The van der Waals surface area contributed by atoms with Crippen molar-refractivity contribution in [1.29, 1.82) is 0 Å². The monoisotopic (exact) mass is 266 g/mol. The number of carbonyl (C=O) groups excluding carboxylic acids is 2. The van der Waals surface area contributed by atoms with Crippen LogP contribution in [-0.4, -0.2) is 29.3 Å². The molecule has 1 N–H and O–H groups in total. The van der Waals surface area contributed by atoms with Gasteiger partial charge in [0, 0.05) is 11.6 Å². The molecule has 2 amide bonds. The summed E-state index contributed by atoms with van der Waals surface area (Å²) in [5.41, 5.74) is 0.931. The maximum Gasteiger partial charge on any atom is 0.245 e. The van der Waals surface area contributed by atoms with E-state index >= 15 is 0 Å². The Labute approximate surface area is 111 Å². The predicted octanol–water partition coefficient (Wildman–Crippen LogP) is 1.58.